The third kappa shape index (κ3) is 4.56. The zero-order valence-corrected chi connectivity index (χ0v) is 13.0. The number of likely N-dealkylation sites (N-methyl/N-ethyl adjacent to an activating group) is 1. The van der Waals surface area contributed by atoms with E-state index in [0.717, 1.165) is 39.3 Å². The molecule has 2 rings (SSSR count). The van der Waals surface area contributed by atoms with Crippen molar-refractivity contribution in [3.8, 4) is 0 Å². The molecular weight excluding hydrogens is 256 g/mol. The summed E-state index contributed by atoms with van der Waals surface area (Å²) in [4.78, 5) is 3.94. The predicted octanol–water partition coefficient (Wildman–Crippen LogP) is 2.24. The molecule has 0 aliphatic carbocycles. The van der Waals surface area contributed by atoms with Gasteiger partial charge in [-0.05, 0) is 44.8 Å². The first-order chi connectivity index (χ1) is 9.24. The molecule has 1 aromatic heterocycles. The van der Waals surface area contributed by atoms with Crippen LogP contribution in [0.1, 0.15) is 17.7 Å². The van der Waals surface area contributed by atoms with Gasteiger partial charge in [-0.3, -0.25) is 0 Å². The Kier molecular flexibility index (Phi) is 5.82. The lowest BCUT2D eigenvalue weighted by Crippen LogP contribution is -2.47. The van der Waals surface area contributed by atoms with E-state index in [1.54, 1.807) is 0 Å². The van der Waals surface area contributed by atoms with Crippen LogP contribution >= 0.6 is 11.3 Å². The molecule has 0 aromatic carbocycles. The molecule has 1 atom stereocenters. The normalized spacial score (nSPS) is 23.9. The Hall–Kier alpha value is -0.420. The minimum absolute atomic E-state index is 0.303. The van der Waals surface area contributed by atoms with Crippen molar-refractivity contribution in [2.45, 2.75) is 19.3 Å². The van der Waals surface area contributed by atoms with Gasteiger partial charge in [0.15, 0.2) is 0 Å². The minimum Gasteiger partial charge on any atom is -0.381 e. The standard InChI is InChI=1S/C15H26N2OS/c1-16-11-15(7-4-9-18-13-15)12-17(2)8-6-14-5-3-10-19-14/h3,5,10,16H,4,6-9,11-13H2,1-2H3. The van der Waals surface area contributed by atoms with E-state index in [-0.39, 0.29) is 0 Å². The first kappa shape index (κ1) is 15.0. The van der Waals surface area contributed by atoms with Crippen LogP contribution in [0.15, 0.2) is 17.5 Å². The van der Waals surface area contributed by atoms with E-state index < -0.39 is 0 Å². The van der Waals surface area contributed by atoms with Crippen LogP contribution in [0, 0.1) is 5.41 Å². The van der Waals surface area contributed by atoms with E-state index in [2.05, 4.69) is 34.8 Å². The molecule has 1 N–H and O–H groups in total. The summed E-state index contributed by atoms with van der Waals surface area (Å²) in [6, 6.07) is 4.36. The highest BCUT2D eigenvalue weighted by atomic mass is 32.1. The molecule has 2 heterocycles. The molecule has 3 nitrogen and oxygen atoms in total. The Morgan fingerprint density at radius 1 is 1.53 bits per heavy atom. The molecule has 1 saturated heterocycles. The number of ether oxygens (including phenoxy) is 1. The second-order valence-corrected chi connectivity index (χ2v) is 6.79. The second kappa shape index (κ2) is 7.39. The van der Waals surface area contributed by atoms with Gasteiger partial charge in [0, 0.05) is 36.5 Å². The summed E-state index contributed by atoms with van der Waals surface area (Å²) in [5, 5.41) is 5.51. The molecule has 4 heteroatoms. The number of hydrogen-bond donors (Lipinski definition) is 1. The molecule has 1 aliphatic heterocycles. The number of thiophene rings is 1. The molecule has 0 radical (unpaired) electrons. The molecule has 0 saturated carbocycles. The van der Waals surface area contributed by atoms with Crippen molar-refractivity contribution >= 4 is 11.3 Å². The van der Waals surface area contributed by atoms with E-state index in [9.17, 15) is 0 Å². The lowest BCUT2D eigenvalue weighted by Gasteiger charge is -2.39. The average molecular weight is 282 g/mol. The van der Waals surface area contributed by atoms with Gasteiger partial charge in [0.25, 0.3) is 0 Å². The van der Waals surface area contributed by atoms with Gasteiger partial charge in [0.1, 0.15) is 0 Å². The number of nitrogens with one attached hydrogen (secondary N) is 1. The van der Waals surface area contributed by atoms with Crippen LogP contribution in [0.2, 0.25) is 0 Å². The van der Waals surface area contributed by atoms with Gasteiger partial charge in [-0.2, -0.15) is 0 Å². The monoisotopic (exact) mass is 282 g/mol. The molecule has 0 amide bonds. The molecule has 1 unspecified atom stereocenters. The topological polar surface area (TPSA) is 24.5 Å². The van der Waals surface area contributed by atoms with Gasteiger partial charge in [0.05, 0.1) is 6.61 Å². The zero-order valence-electron chi connectivity index (χ0n) is 12.2. The van der Waals surface area contributed by atoms with Gasteiger partial charge < -0.3 is 15.0 Å². The quantitative estimate of drug-likeness (QED) is 0.830. The summed E-state index contributed by atoms with van der Waals surface area (Å²) in [6.45, 7) is 5.14. The first-order valence-corrected chi connectivity index (χ1v) is 8.05. The average Bonchev–Trinajstić information content (AvgIpc) is 2.91. The van der Waals surface area contributed by atoms with Crippen molar-refractivity contribution in [1.82, 2.24) is 10.2 Å². The van der Waals surface area contributed by atoms with Crippen molar-refractivity contribution in [2.24, 2.45) is 5.41 Å². The van der Waals surface area contributed by atoms with Crippen LogP contribution in [0.3, 0.4) is 0 Å². The van der Waals surface area contributed by atoms with Gasteiger partial charge in [0.2, 0.25) is 0 Å². The third-order valence-electron chi connectivity index (χ3n) is 3.88. The summed E-state index contributed by atoms with van der Waals surface area (Å²) in [5.74, 6) is 0. The van der Waals surface area contributed by atoms with E-state index in [4.69, 9.17) is 4.74 Å². The summed E-state index contributed by atoms with van der Waals surface area (Å²) < 4.78 is 5.72. The second-order valence-electron chi connectivity index (χ2n) is 5.75. The molecule has 108 valence electrons. The van der Waals surface area contributed by atoms with Crippen molar-refractivity contribution in [3.05, 3.63) is 22.4 Å². The smallest absolute Gasteiger partial charge is 0.0546 e. The van der Waals surface area contributed by atoms with E-state index in [1.165, 1.54) is 17.7 Å². The van der Waals surface area contributed by atoms with Gasteiger partial charge in [-0.15, -0.1) is 11.3 Å². The highest BCUT2D eigenvalue weighted by Crippen LogP contribution is 2.28. The third-order valence-corrected chi connectivity index (χ3v) is 4.82. The Bertz CT molecular complexity index is 342. The fourth-order valence-electron chi connectivity index (χ4n) is 3.01. The Labute approximate surface area is 121 Å². The SMILES string of the molecule is CNCC1(CN(C)CCc2cccs2)CCCOC1. The molecule has 1 aromatic rings. The van der Waals surface area contributed by atoms with E-state index in [0.29, 0.717) is 5.41 Å². The maximum Gasteiger partial charge on any atom is 0.0546 e. The number of rotatable bonds is 7. The highest BCUT2D eigenvalue weighted by Gasteiger charge is 2.33. The summed E-state index contributed by atoms with van der Waals surface area (Å²) >= 11 is 1.86. The van der Waals surface area contributed by atoms with E-state index in [1.807, 2.05) is 18.4 Å². The summed E-state index contributed by atoms with van der Waals surface area (Å²) in [5.41, 5.74) is 0.303. The maximum absolute atomic E-state index is 5.72. The van der Waals surface area contributed by atoms with Crippen LogP contribution in [0.5, 0.6) is 0 Å². The fourth-order valence-corrected chi connectivity index (χ4v) is 3.71. The number of hydrogen-bond acceptors (Lipinski definition) is 4. The van der Waals surface area contributed by atoms with Crippen molar-refractivity contribution in [3.63, 3.8) is 0 Å². The van der Waals surface area contributed by atoms with Crippen LogP contribution in [-0.4, -0.2) is 51.8 Å². The van der Waals surface area contributed by atoms with Crippen LogP contribution < -0.4 is 5.32 Å². The molecular formula is C15H26N2OS. The van der Waals surface area contributed by atoms with Crippen molar-refractivity contribution < 1.29 is 4.74 Å². The Morgan fingerprint density at radius 2 is 2.42 bits per heavy atom. The largest absolute Gasteiger partial charge is 0.381 e. The lowest BCUT2D eigenvalue weighted by molar-refractivity contribution is -0.0216. The Morgan fingerprint density at radius 3 is 3.05 bits per heavy atom. The van der Waals surface area contributed by atoms with Gasteiger partial charge >= 0.3 is 0 Å². The molecule has 19 heavy (non-hydrogen) atoms. The molecule has 1 fully saturated rings. The number of nitrogens with zero attached hydrogens (tertiary/aromatic N) is 1. The van der Waals surface area contributed by atoms with Crippen molar-refractivity contribution in [1.29, 1.82) is 0 Å². The molecule has 1 aliphatic rings. The first-order valence-electron chi connectivity index (χ1n) is 7.17. The zero-order chi connectivity index (χ0) is 13.6. The predicted molar refractivity (Wildman–Crippen MR) is 81.9 cm³/mol. The summed E-state index contributed by atoms with van der Waals surface area (Å²) in [6.07, 6.45) is 3.63. The minimum atomic E-state index is 0.303. The Balaban J connectivity index is 1.82. The lowest BCUT2D eigenvalue weighted by atomic mass is 9.82. The molecule has 0 bridgehead atoms. The maximum atomic E-state index is 5.72. The van der Waals surface area contributed by atoms with Crippen LogP contribution in [0.25, 0.3) is 0 Å². The highest BCUT2D eigenvalue weighted by molar-refractivity contribution is 7.09. The van der Waals surface area contributed by atoms with Crippen LogP contribution in [-0.2, 0) is 11.2 Å². The fraction of sp³-hybridized carbons (Fsp3) is 0.733. The van der Waals surface area contributed by atoms with Crippen molar-refractivity contribution in [2.75, 3.05) is 46.9 Å². The van der Waals surface area contributed by atoms with Crippen LogP contribution in [0.4, 0.5) is 0 Å². The van der Waals surface area contributed by atoms with E-state index >= 15 is 0 Å². The van der Waals surface area contributed by atoms with Gasteiger partial charge in [-0.25, -0.2) is 0 Å². The summed E-state index contributed by atoms with van der Waals surface area (Å²) in [7, 11) is 4.28. The van der Waals surface area contributed by atoms with Gasteiger partial charge in [-0.1, -0.05) is 6.07 Å². The molecule has 0 spiro atoms.